The van der Waals surface area contributed by atoms with Crippen molar-refractivity contribution < 1.29 is 0 Å². The Balaban J connectivity index is 2.30. The average molecular weight is 368 g/mol. The van der Waals surface area contributed by atoms with E-state index in [9.17, 15) is 9.59 Å². The van der Waals surface area contributed by atoms with E-state index < -0.39 is 11.2 Å². The highest BCUT2D eigenvalue weighted by atomic mass is 32.1. The average Bonchev–Trinajstić information content (AvgIpc) is 2.59. The Bertz CT molecular complexity index is 706. The first-order valence-corrected chi connectivity index (χ1v) is 9.61. The number of anilines is 2. The lowest BCUT2D eigenvalue weighted by Gasteiger charge is -2.30. The third-order valence-electron chi connectivity index (χ3n) is 4.71. The summed E-state index contributed by atoms with van der Waals surface area (Å²) in [5.74, 6) is 0.178. The summed E-state index contributed by atoms with van der Waals surface area (Å²) in [7, 11) is 0. The molecule has 1 saturated carbocycles. The van der Waals surface area contributed by atoms with E-state index in [2.05, 4.69) is 10.3 Å². The predicted octanol–water partition coefficient (Wildman–Crippen LogP) is 1.95. The van der Waals surface area contributed by atoms with E-state index >= 15 is 0 Å². The lowest BCUT2D eigenvalue weighted by Crippen LogP contribution is -2.48. The van der Waals surface area contributed by atoms with Crippen molar-refractivity contribution in [2.75, 3.05) is 17.2 Å². The van der Waals surface area contributed by atoms with Crippen LogP contribution in [0.1, 0.15) is 58.8 Å². The highest BCUT2D eigenvalue weighted by Crippen LogP contribution is 2.20. The number of aromatic nitrogens is 2. The number of hydrogen-bond donors (Lipinski definition) is 3. The molecule has 0 saturated heterocycles. The van der Waals surface area contributed by atoms with Crippen LogP contribution in [-0.4, -0.2) is 27.3 Å². The topological polar surface area (TPSA) is 96.2 Å². The molecule has 0 aromatic carbocycles. The second-order valence-corrected chi connectivity index (χ2v) is 6.91. The molecule has 140 valence electrons. The van der Waals surface area contributed by atoms with Crippen LogP contribution in [-0.2, 0) is 6.54 Å². The number of nitrogens with one attached hydrogen (secondary N) is 2. The van der Waals surface area contributed by atoms with Crippen molar-refractivity contribution in [2.45, 2.75) is 71.4 Å². The van der Waals surface area contributed by atoms with Crippen molar-refractivity contribution in [2.24, 2.45) is 0 Å². The maximum atomic E-state index is 12.4. The van der Waals surface area contributed by atoms with E-state index in [0.717, 1.165) is 25.7 Å². The van der Waals surface area contributed by atoms with Gasteiger partial charge in [-0.3, -0.25) is 14.3 Å². The van der Waals surface area contributed by atoms with Gasteiger partial charge in [0.2, 0.25) is 0 Å². The fraction of sp³-hybridized carbons (Fsp3) is 0.706. The highest BCUT2D eigenvalue weighted by molar-refractivity contribution is 7.80. The summed E-state index contributed by atoms with van der Waals surface area (Å²) in [6.45, 7) is 4.92. The van der Waals surface area contributed by atoms with Gasteiger partial charge in [0.25, 0.3) is 5.56 Å². The summed E-state index contributed by atoms with van der Waals surface area (Å²) >= 11 is 5.54. The SMILES string of the molecule is CCCCn1c(N)c(N(CC)C(=S)NC2CCCCC2)c(=O)[nH]c1=O. The first kappa shape index (κ1) is 19.5. The molecule has 25 heavy (non-hydrogen) atoms. The van der Waals surface area contributed by atoms with Crippen LogP contribution in [0.3, 0.4) is 0 Å². The summed E-state index contributed by atoms with van der Waals surface area (Å²) in [5, 5.41) is 3.85. The molecule has 1 aliphatic carbocycles. The zero-order chi connectivity index (χ0) is 18.4. The number of thiocarbonyl (C=S) groups is 1. The Hall–Kier alpha value is -1.83. The lowest BCUT2D eigenvalue weighted by molar-refractivity contribution is 0.413. The third-order valence-corrected chi connectivity index (χ3v) is 5.05. The highest BCUT2D eigenvalue weighted by Gasteiger charge is 2.23. The minimum absolute atomic E-state index is 0.178. The van der Waals surface area contributed by atoms with Crippen LogP contribution in [0.15, 0.2) is 9.59 Å². The number of hydrogen-bond acceptors (Lipinski definition) is 4. The standard InChI is InChI=1S/C17H29N5O2S/c1-3-5-11-22-14(18)13(15(23)20-16(22)24)21(4-2)17(25)19-12-9-7-6-8-10-12/h12H,3-11,18H2,1-2H3,(H,19,25)(H,20,23,24). The minimum Gasteiger partial charge on any atom is -0.383 e. The van der Waals surface area contributed by atoms with E-state index in [1.165, 1.54) is 23.8 Å². The largest absolute Gasteiger partial charge is 0.383 e. The zero-order valence-electron chi connectivity index (χ0n) is 15.1. The summed E-state index contributed by atoms with van der Waals surface area (Å²) in [5.41, 5.74) is 5.48. The van der Waals surface area contributed by atoms with Gasteiger partial charge in [0.05, 0.1) is 0 Å². The molecule has 0 radical (unpaired) electrons. The molecule has 1 heterocycles. The van der Waals surface area contributed by atoms with Crippen LogP contribution in [0.2, 0.25) is 0 Å². The summed E-state index contributed by atoms with van der Waals surface area (Å²) in [6.07, 6.45) is 7.55. The molecule has 8 heteroatoms. The van der Waals surface area contributed by atoms with Gasteiger partial charge in [-0.05, 0) is 38.4 Å². The molecule has 0 unspecified atom stereocenters. The minimum atomic E-state index is -0.495. The molecule has 1 fully saturated rings. The van der Waals surface area contributed by atoms with Gasteiger partial charge in [-0.25, -0.2) is 4.79 Å². The number of nitrogen functional groups attached to an aromatic ring is 1. The Morgan fingerprint density at radius 2 is 2.00 bits per heavy atom. The van der Waals surface area contributed by atoms with Crippen LogP contribution in [0.4, 0.5) is 11.5 Å². The van der Waals surface area contributed by atoms with E-state index in [4.69, 9.17) is 18.0 Å². The van der Waals surface area contributed by atoms with E-state index in [0.29, 0.717) is 24.2 Å². The Morgan fingerprint density at radius 1 is 1.32 bits per heavy atom. The Morgan fingerprint density at radius 3 is 2.60 bits per heavy atom. The molecular formula is C17H29N5O2S. The maximum Gasteiger partial charge on any atom is 0.330 e. The van der Waals surface area contributed by atoms with Gasteiger partial charge in [-0.2, -0.15) is 0 Å². The van der Waals surface area contributed by atoms with Gasteiger partial charge in [0, 0.05) is 19.1 Å². The van der Waals surface area contributed by atoms with E-state index in [1.807, 2.05) is 13.8 Å². The fourth-order valence-electron chi connectivity index (χ4n) is 3.28. The molecule has 0 spiro atoms. The fourth-order valence-corrected chi connectivity index (χ4v) is 3.67. The van der Waals surface area contributed by atoms with Crippen LogP contribution < -0.4 is 27.2 Å². The summed E-state index contributed by atoms with van der Waals surface area (Å²) in [4.78, 5) is 28.6. The molecule has 0 bridgehead atoms. The summed E-state index contributed by atoms with van der Waals surface area (Å²) in [6, 6.07) is 0.335. The lowest BCUT2D eigenvalue weighted by atomic mass is 9.96. The van der Waals surface area contributed by atoms with Crippen molar-refractivity contribution in [3.8, 4) is 0 Å². The van der Waals surface area contributed by atoms with E-state index in [-0.39, 0.29) is 11.5 Å². The van der Waals surface area contributed by atoms with E-state index in [1.54, 1.807) is 4.90 Å². The van der Waals surface area contributed by atoms with Crippen LogP contribution in [0.5, 0.6) is 0 Å². The van der Waals surface area contributed by atoms with Crippen molar-refractivity contribution in [1.82, 2.24) is 14.9 Å². The number of aromatic amines is 1. The van der Waals surface area contributed by atoms with Crippen molar-refractivity contribution in [3.05, 3.63) is 20.8 Å². The van der Waals surface area contributed by atoms with Gasteiger partial charge in [0.1, 0.15) is 5.82 Å². The molecule has 0 atom stereocenters. The monoisotopic (exact) mass is 367 g/mol. The summed E-state index contributed by atoms with van der Waals surface area (Å²) < 4.78 is 1.42. The second-order valence-electron chi connectivity index (χ2n) is 6.53. The van der Waals surface area contributed by atoms with Crippen molar-refractivity contribution >= 4 is 28.8 Å². The Labute approximate surface area is 153 Å². The molecule has 0 amide bonds. The van der Waals surface area contributed by atoms with Gasteiger partial charge in [-0.15, -0.1) is 0 Å². The first-order valence-electron chi connectivity index (χ1n) is 9.20. The van der Waals surface area contributed by atoms with Crippen LogP contribution >= 0.6 is 12.2 Å². The third kappa shape index (κ3) is 4.62. The maximum absolute atomic E-state index is 12.4. The molecule has 0 aliphatic heterocycles. The number of nitrogens with two attached hydrogens (primary N) is 1. The molecular weight excluding hydrogens is 338 g/mol. The molecule has 7 nitrogen and oxygen atoms in total. The van der Waals surface area contributed by atoms with Crippen LogP contribution in [0.25, 0.3) is 0 Å². The van der Waals surface area contributed by atoms with Crippen molar-refractivity contribution in [3.63, 3.8) is 0 Å². The van der Waals surface area contributed by atoms with Gasteiger partial charge in [-0.1, -0.05) is 32.6 Å². The number of unbranched alkanes of at least 4 members (excludes halogenated alkanes) is 1. The normalized spacial score (nSPS) is 15.1. The molecule has 1 aliphatic rings. The quantitative estimate of drug-likeness (QED) is 0.665. The number of H-pyrrole nitrogens is 1. The molecule has 1 aromatic rings. The van der Waals surface area contributed by atoms with Crippen LogP contribution in [0, 0.1) is 0 Å². The first-order chi connectivity index (χ1) is 12.0. The molecule has 2 rings (SSSR count). The van der Waals surface area contributed by atoms with Crippen molar-refractivity contribution in [1.29, 1.82) is 0 Å². The smallest absolute Gasteiger partial charge is 0.330 e. The number of rotatable bonds is 6. The Kier molecular flexibility index (Phi) is 7.04. The second kappa shape index (κ2) is 9.03. The van der Waals surface area contributed by atoms with Gasteiger partial charge >= 0.3 is 5.69 Å². The number of nitrogens with zero attached hydrogens (tertiary/aromatic N) is 2. The molecule has 4 N–H and O–H groups in total. The van der Waals surface area contributed by atoms with Gasteiger partial charge in [0.15, 0.2) is 10.8 Å². The molecule has 1 aromatic heterocycles. The van der Waals surface area contributed by atoms with Gasteiger partial charge < -0.3 is 16.0 Å². The predicted molar refractivity (Wildman–Crippen MR) is 106 cm³/mol. The zero-order valence-corrected chi connectivity index (χ0v) is 16.0.